The Morgan fingerprint density at radius 1 is 0.252 bits per heavy atom. The van der Waals surface area contributed by atoms with Crippen molar-refractivity contribution < 1.29 is 44.3 Å². The first kappa shape index (κ1) is 67.1. The van der Waals surface area contributed by atoms with Crippen LogP contribution in [0.4, 0.5) is 0 Å². The van der Waals surface area contributed by atoms with E-state index in [1.54, 1.807) is 104 Å². The molecule has 0 fully saturated rings. The molecule has 21 aromatic rings. The highest BCUT2D eigenvalue weighted by molar-refractivity contribution is 7.26. The van der Waals surface area contributed by atoms with Gasteiger partial charge in [-0.25, -0.2) is 0 Å². The van der Waals surface area contributed by atoms with Crippen LogP contribution in [0.25, 0.3) is 151 Å². The zero-order chi connectivity index (χ0) is 75.3. The van der Waals surface area contributed by atoms with Gasteiger partial charge in [-0.2, -0.15) is 0 Å². The SMILES string of the molecule is COc1ccccc1-c1ccc2ccc3c(-c4ccc(O)c(C(=O)c5ccccc5)c4)ccc4ccc1c2c43.O=C(c1ccccc1O)c1ccc2ccc3c(C(=O)c4ccccc4O)ccc4ccc1c2c43.O=C(c1ccccc1O)c1ccc2ccc3cc(-c4cccc5c4sc4ccccc45)cc4ccc1c2c34. The number of methoxy groups -OCH3 is 1. The molecule has 0 aliphatic heterocycles. The van der Waals surface area contributed by atoms with Gasteiger partial charge < -0.3 is 25.2 Å². The Hall–Kier alpha value is -14.6. The van der Waals surface area contributed by atoms with Gasteiger partial charge in [-0.15, -0.1) is 11.3 Å². The summed E-state index contributed by atoms with van der Waals surface area (Å²) < 4.78 is 8.29. The molecule has 0 aliphatic carbocycles. The topological polar surface area (TPSA) is 158 Å². The Kier molecular flexibility index (Phi) is 16.3. The van der Waals surface area contributed by atoms with Crippen LogP contribution in [0.2, 0.25) is 0 Å². The maximum absolute atomic E-state index is 13.5. The molecule has 1 heterocycles. The lowest BCUT2D eigenvalue weighted by molar-refractivity contribution is 0.102. The largest absolute Gasteiger partial charge is 0.507 e. The number of thiophene rings is 1. The number of ether oxygens (including phenoxy) is 1. The third kappa shape index (κ3) is 11.2. The summed E-state index contributed by atoms with van der Waals surface area (Å²) in [4.78, 5) is 53.5. The van der Waals surface area contributed by atoms with Crippen LogP contribution < -0.4 is 4.74 Å². The first-order valence-electron chi connectivity index (χ1n) is 36.4. The standard InChI is InChI=1S/C36H24O3.C35H20O2S.C30H18O4/c1-39-33-10-6-5-9-28(33)27-17-12-23-13-18-29-26(16-11-22-14-19-30(27)35(23)34(22)29)25-15-20-32(37)31(21-25)36(38)24-7-3-2-4-8-24;36-30-10-3-1-7-29(30)34(37)27-17-14-20-12-13-21-18-23(19-22-15-16-26(27)33(20)32(21)22)24-8-5-9-28-25-6-2-4-11-31(25)38-35(24)28;31-25-7-3-1-5-23(25)29(33)21-15-11-17-10-14-20-22(30(34)24-6-2-4-8-26(24)32)16-12-18-9-13-19(21)27(17)28(18)20/h2-21,37H,1H3;1-19,36H;1-16,31-32H. The monoisotopic (exact) mass is 1450 g/mol. The fraction of sp³-hybridized carbons (Fsp3) is 0.00990. The molecule has 0 saturated carbocycles. The predicted molar refractivity (Wildman–Crippen MR) is 452 cm³/mol. The summed E-state index contributed by atoms with van der Waals surface area (Å²) in [5, 5.41) is 62.8. The Morgan fingerprint density at radius 2 is 0.649 bits per heavy atom. The van der Waals surface area contributed by atoms with E-state index < -0.39 is 0 Å². The minimum atomic E-state index is -0.262. The number of hydrogen-bond donors (Lipinski definition) is 4. The number of aromatic hydroxyl groups is 4. The molecular weight excluding hydrogens is 1390 g/mol. The van der Waals surface area contributed by atoms with Crippen LogP contribution in [0.1, 0.15) is 63.7 Å². The number of carbonyl (C=O) groups excluding carboxylic acids is 4. The molecule has 0 amide bonds. The number of fused-ring (bicyclic) bond motifs is 3. The highest BCUT2D eigenvalue weighted by Crippen LogP contribution is 2.48. The van der Waals surface area contributed by atoms with Crippen LogP contribution in [0, 0.1) is 0 Å². The second-order valence-corrected chi connectivity index (χ2v) is 29.0. The Bertz CT molecular complexity index is 7250. The average Bonchev–Trinajstić information content (AvgIpc) is 1.01. The molecule has 0 bridgehead atoms. The van der Waals surface area contributed by atoms with Gasteiger partial charge in [0.2, 0.25) is 0 Å². The van der Waals surface area contributed by atoms with E-state index in [1.165, 1.54) is 65.0 Å². The molecule has 0 aliphatic rings. The van der Waals surface area contributed by atoms with Crippen LogP contribution in [-0.4, -0.2) is 50.7 Å². The molecule has 111 heavy (non-hydrogen) atoms. The van der Waals surface area contributed by atoms with Gasteiger partial charge in [0.25, 0.3) is 0 Å². The lowest BCUT2D eigenvalue weighted by Gasteiger charge is -2.17. The number of rotatable bonds is 12. The minimum absolute atomic E-state index is 0.00301. The highest BCUT2D eigenvalue weighted by Gasteiger charge is 2.26. The molecule has 20 aromatic carbocycles. The molecule has 0 unspecified atom stereocenters. The summed E-state index contributed by atoms with van der Waals surface area (Å²) in [6.45, 7) is 0. The summed E-state index contributed by atoms with van der Waals surface area (Å²) in [5.41, 5.74) is 9.74. The van der Waals surface area contributed by atoms with Crippen molar-refractivity contribution in [1.29, 1.82) is 0 Å². The molecule has 9 nitrogen and oxygen atoms in total. The van der Waals surface area contributed by atoms with Crippen LogP contribution in [-0.2, 0) is 0 Å². The molecule has 1 aromatic heterocycles. The van der Waals surface area contributed by atoms with Gasteiger partial charge in [0.15, 0.2) is 23.1 Å². The van der Waals surface area contributed by atoms with Gasteiger partial charge in [0.05, 0.1) is 29.4 Å². The van der Waals surface area contributed by atoms with Crippen molar-refractivity contribution in [3.63, 3.8) is 0 Å². The second kappa shape index (κ2) is 27.0. The lowest BCUT2D eigenvalue weighted by atomic mass is 9.86. The van der Waals surface area contributed by atoms with E-state index in [1.807, 2.05) is 102 Å². The fourth-order valence-corrected chi connectivity index (χ4v) is 17.8. The number of carbonyl (C=O) groups is 4. The predicted octanol–water partition coefficient (Wildman–Crippen LogP) is 24.9. The quantitative estimate of drug-likeness (QED) is 0.0690. The molecule has 0 saturated heterocycles. The minimum Gasteiger partial charge on any atom is -0.507 e. The van der Waals surface area contributed by atoms with Crippen molar-refractivity contribution in [2.75, 3.05) is 7.11 Å². The Balaban J connectivity index is 0.000000113. The van der Waals surface area contributed by atoms with E-state index >= 15 is 0 Å². The first-order chi connectivity index (χ1) is 54.3. The number of phenolic OH excluding ortho intramolecular Hbond substituents is 4. The number of phenols is 4. The third-order valence-corrected chi connectivity index (χ3v) is 23.0. The summed E-state index contributed by atoms with van der Waals surface area (Å²) in [6.07, 6.45) is 0. The van der Waals surface area contributed by atoms with Crippen molar-refractivity contribution in [2.24, 2.45) is 0 Å². The Labute approximate surface area is 639 Å². The van der Waals surface area contributed by atoms with Gasteiger partial charge in [0.1, 0.15) is 28.7 Å². The van der Waals surface area contributed by atoms with E-state index in [-0.39, 0.29) is 57.3 Å². The number of benzene rings is 20. The molecular formula is C101H62O9S. The van der Waals surface area contributed by atoms with Crippen molar-refractivity contribution >= 4 is 152 Å². The first-order valence-corrected chi connectivity index (χ1v) is 37.2. The van der Waals surface area contributed by atoms with Crippen LogP contribution in [0.15, 0.2) is 334 Å². The number of ketones is 4. The smallest absolute Gasteiger partial charge is 0.197 e. The molecule has 21 rings (SSSR count). The van der Waals surface area contributed by atoms with Crippen molar-refractivity contribution in [3.05, 3.63) is 378 Å². The molecule has 10 heteroatoms. The Morgan fingerprint density at radius 3 is 1.20 bits per heavy atom. The van der Waals surface area contributed by atoms with Crippen LogP contribution in [0.5, 0.6) is 28.7 Å². The van der Waals surface area contributed by atoms with Gasteiger partial charge >= 0.3 is 0 Å². The fourth-order valence-electron chi connectivity index (χ4n) is 16.6. The van der Waals surface area contributed by atoms with Gasteiger partial charge in [-0.3, -0.25) is 19.2 Å². The second-order valence-electron chi connectivity index (χ2n) is 27.9. The third-order valence-electron chi connectivity index (χ3n) is 21.8. The summed E-state index contributed by atoms with van der Waals surface area (Å²) >= 11 is 1.84. The van der Waals surface area contributed by atoms with E-state index in [0.29, 0.717) is 33.4 Å². The van der Waals surface area contributed by atoms with Gasteiger partial charge in [-0.1, -0.05) is 243 Å². The molecule has 526 valence electrons. The van der Waals surface area contributed by atoms with Crippen molar-refractivity contribution in [2.45, 2.75) is 0 Å². The molecule has 4 N–H and O–H groups in total. The maximum atomic E-state index is 13.5. The lowest BCUT2D eigenvalue weighted by Crippen LogP contribution is -2.05. The van der Waals surface area contributed by atoms with E-state index in [9.17, 15) is 39.6 Å². The van der Waals surface area contributed by atoms with E-state index in [4.69, 9.17) is 4.74 Å². The number of para-hydroxylation sites is 4. The zero-order valence-electron chi connectivity index (χ0n) is 59.5. The van der Waals surface area contributed by atoms with E-state index in [0.717, 1.165) is 103 Å². The summed E-state index contributed by atoms with van der Waals surface area (Å²) in [6, 6.07) is 107. The molecule has 0 atom stereocenters. The number of hydrogen-bond acceptors (Lipinski definition) is 10. The van der Waals surface area contributed by atoms with Crippen molar-refractivity contribution in [3.8, 4) is 62.1 Å². The van der Waals surface area contributed by atoms with Crippen LogP contribution >= 0.6 is 11.3 Å². The van der Waals surface area contributed by atoms with Gasteiger partial charge in [-0.05, 0) is 216 Å². The van der Waals surface area contributed by atoms with Gasteiger partial charge in [0, 0.05) is 48.0 Å². The summed E-state index contributed by atoms with van der Waals surface area (Å²) in [5.74, 6) is -0.194. The molecule has 0 radical (unpaired) electrons. The maximum Gasteiger partial charge on any atom is 0.197 e. The van der Waals surface area contributed by atoms with Crippen LogP contribution in [0.3, 0.4) is 0 Å². The normalized spacial score (nSPS) is 11.6. The summed E-state index contributed by atoms with van der Waals surface area (Å²) in [7, 11) is 1.70. The highest BCUT2D eigenvalue weighted by atomic mass is 32.1. The average molecular weight is 1450 g/mol. The van der Waals surface area contributed by atoms with Crippen molar-refractivity contribution in [1.82, 2.24) is 0 Å². The van der Waals surface area contributed by atoms with E-state index in [2.05, 4.69) is 133 Å². The zero-order valence-corrected chi connectivity index (χ0v) is 60.3. The molecule has 0 spiro atoms.